The lowest BCUT2D eigenvalue weighted by Gasteiger charge is -2.21. The van der Waals surface area contributed by atoms with Crippen LogP contribution in [0.3, 0.4) is 0 Å². The van der Waals surface area contributed by atoms with E-state index in [4.69, 9.17) is 14.5 Å². The molecular formula is C16H23N3O2. The molecule has 0 aliphatic heterocycles. The molecule has 0 unspecified atom stereocenters. The number of pyridine rings is 1. The van der Waals surface area contributed by atoms with E-state index in [0.29, 0.717) is 5.75 Å². The van der Waals surface area contributed by atoms with E-state index in [1.807, 2.05) is 33.3 Å². The van der Waals surface area contributed by atoms with Gasteiger partial charge in [0.25, 0.3) is 0 Å². The topological polar surface area (TPSA) is 46.6 Å². The Hall–Kier alpha value is -2.01. The molecular weight excluding hydrogens is 266 g/mol. The van der Waals surface area contributed by atoms with Gasteiger partial charge < -0.3 is 19.7 Å². The van der Waals surface area contributed by atoms with E-state index in [1.165, 1.54) is 5.56 Å². The first-order valence-electron chi connectivity index (χ1n) is 6.90. The molecule has 0 aliphatic carbocycles. The molecule has 2 rings (SSSR count). The third-order valence-corrected chi connectivity index (χ3v) is 3.59. The lowest BCUT2D eigenvalue weighted by Crippen LogP contribution is -2.15. The molecule has 0 fully saturated rings. The van der Waals surface area contributed by atoms with E-state index in [9.17, 15) is 0 Å². The Labute approximate surface area is 125 Å². The van der Waals surface area contributed by atoms with E-state index in [0.717, 1.165) is 34.6 Å². The number of anilines is 1. The summed E-state index contributed by atoms with van der Waals surface area (Å²) in [4.78, 5) is 6.88. The third kappa shape index (κ3) is 2.74. The molecule has 1 aromatic heterocycles. The van der Waals surface area contributed by atoms with Gasteiger partial charge in [-0.1, -0.05) is 0 Å². The lowest BCUT2D eigenvalue weighted by molar-refractivity contribution is 0.356. The second-order valence-corrected chi connectivity index (χ2v) is 5.18. The van der Waals surface area contributed by atoms with Gasteiger partial charge in [-0.2, -0.15) is 0 Å². The van der Waals surface area contributed by atoms with E-state index in [-0.39, 0.29) is 0 Å². The zero-order chi connectivity index (χ0) is 15.6. The molecule has 0 amide bonds. The molecule has 21 heavy (non-hydrogen) atoms. The molecule has 2 aromatic rings. The van der Waals surface area contributed by atoms with Gasteiger partial charge in [0.2, 0.25) is 0 Å². The fraction of sp³-hybridized carbons (Fsp3) is 0.438. The van der Waals surface area contributed by atoms with Crippen LogP contribution in [0.4, 0.5) is 5.69 Å². The fourth-order valence-corrected chi connectivity index (χ4v) is 2.63. The van der Waals surface area contributed by atoms with Crippen LogP contribution in [0.15, 0.2) is 12.1 Å². The predicted molar refractivity (Wildman–Crippen MR) is 86.7 cm³/mol. The second kappa shape index (κ2) is 6.18. The number of hydrogen-bond acceptors (Lipinski definition) is 5. The van der Waals surface area contributed by atoms with Crippen LogP contribution in [0.1, 0.15) is 11.3 Å². The van der Waals surface area contributed by atoms with Crippen LogP contribution in [-0.4, -0.2) is 40.3 Å². The first kappa shape index (κ1) is 15.4. The molecule has 0 atom stereocenters. The minimum Gasteiger partial charge on any atom is -0.493 e. The van der Waals surface area contributed by atoms with Crippen molar-refractivity contribution >= 4 is 16.6 Å². The second-order valence-electron chi connectivity index (χ2n) is 5.18. The van der Waals surface area contributed by atoms with Gasteiger partial charge in [0.05, 0.1) is 31.1 Å². The zero-order valence-electron chi connectivity index (χ0n) is 13.6. The number of nitrogens with one attached hydrogen (secondary N) is 1. The van der Waals surface area contributed by atoms with Crippen LogP contribution in [0.2, 0.25) is 0 Å². The summed E-state index contributed by atoms with van der Waals surface area (Å²) in [5.74, 6) is 1.41. The molecule has 1 heterocycles. The highest BCUT2D eigenvalue weighted by Gasteiger charge is 2.16. The average molecular weight is 289 g/mol. The molecule has 5 heteroatoms. The van der Waals surface area contributed by atoms with Gasteiger partial charge in [0, 0.05) is 32.1 Å². The van der Waals surface area contributed by atoms with Crippen molar-refractivity contribution in [3.8, 4) is 11.5 Å². The number of nitrogens with zero attached hydrogens (tertiary/aromatic N) is 2. The Kier molecular flexibility index (Phi) is 4.53. The Morgan fingerprint density at radius 1 is 1.14 bits per heavy atom. The van der Waals surface area contributed by atoms with Crippen molar-refractivity contribution in [1.82, 2.24) is 10.3 Å². The zero-order valence-corrected chi connectivity index (χ0v) is 13.6. The maximum atomic E-state index is 5.41. The Morgan fingerprint density at radius 2 is 1.76 bits per heavy atom. The monoisotopic (exact) mass is 289 g/mol. The number of hydrogen-bond donors (Lipinski definition) is 1. The average Bonchev–Trinajstić information content (AvgIpc) is 2.46. The van der Waals surface area contributed by atoms with Crippen LogP contribution in [0.5, 0.6) is 11.5 Å². The normalized spacial score (nSPS) is 10.8. The maximum Gasteiger partial charge on any atom is 0.162 e. The first-order valence-corrected chi connectivity index (χ1v) is 6.90. The Bertz CT molecular complexity index is 654. The van der Waals surface area contributed by atoms with Gasteiger partial charge in [-0.25, -0.2) is 0 Å². The molecule has 0 aliphatic rings. The van der Waals surface area contributed by atoms with Crippen molar-refractivity contribution in [2.75, 3.05) is 40.3 Å². The Balaban J connectivity index is 2.82. The van der Waals surface area contributed by atoms with Gasteiger partial charge >= 0.3 is 0 Å². The third-order valence-electron chi connectivity index (χ3n) is 3.59. The number of benzene rings is 1. The summed E-state index contributed by atoms with van der Waals surface area (Å²) in [6, 6.07) is 3.92. The fourth-order valence-electron chi connectivity index (χ4n) is 2.63. The standard InChI is InChI=1S/C16H23N3O2/c1-10-13(9-17-2)18-12-8-15(21-6)14(20-5)7-11(12)16(10)19(3)4/h7-8,17H,9H2,1-6H3. The molecule has 114 valence electrons. The summed E-state index contributed by atoms with van der Waals surface area (Å²) >= 11 is 0. The highest BCUT2D eigenvalue weighted by Crippen LogP contribution is 2.37. The van der Waals surface area contributed by atoms with Gasteiger partial charge in [-0.05, 0) is 25.6 Å². The SMILES string of the molecule is CNCc1nc2cc(OC)c(OC)cc2c(N(C)C)c1C. The molecule has 1 aromatic carbocycles. The van der Waals surface area contributed by atoms with Crippen LogP contribution in [0.25, 0.3) is 10.9 Å². The van der Waals surface area contributed by atoms with E-state index < -0.39 is 0 Å². The quantitative estimate of drug-likeness (QED) is 0.915. The largest absolute Gasteiger partial charge is 0.493 e. The molecule has 1 N–H and O–H groups in total. The van der Waals surface area contributed by atoms with Crippen molar-refractivity contribution < 1.29 is 9.47 Å². The summed E-state index contributed by atoms with van der Waals surface area (Å²) in [6.07, 6.45) is 0. The van der Waals surface area contributed by atoms with Crippen LogP contribution in [0, 0.1) is 6.92 Å². The van der Waals surface area contributed by atoms with Gasteiger partial charge in [0.1, 0.15) is 0 Å². The van der Waals surface area contributed by atoms with E-state index in [2.05, 4.69) is 17.1 Å². The van der Waals surface area contributed by atoms with E-state index >= 15 is 0 Å². The number of rotatable bonds is 5. The molecule has 0 saturated carbocycles. The molecule has 0 bridgehead atoms. The van der Waals surface area contributed by atoms with E-state index in [1.54, 1.807) is 14.2 Å². The summed E-state index contributed by atoms with van der Waals surface area (Å²) in [5.41, 5.74) is 4.29. The summed E-state index contributed by atoms with van der Waals surface area (Å²) < 4.78 is 10.8. The van der Waals surface area contributed by atoms with Crippen molar-refractivity contribution in [2.45, 2.75) is 13.5 Å². The highest BCUT2D eigenvalue weighted by molar-refractivity contribution is 5.95. The van der Waals surface area contributed by atoms with Gasteiger partial charge in [-0.15, -0.1) is 0 Å². The number of methoxy groups -OCH3 is 2. The minimum atomic E-state index is 0.696. The van der Waals surface area contributed by atoms with Crippen molar-refractivity contribution in [3.63, 3.8) is 0 Å². The first-order chi connectivity index (χ1) is 10.0. The van der Waals surface area contributed by atoms with Crippen molar-refractivity contribution in [3.05, 3.63) is 23.4 Å². The van der Waals surface area contributed by atoms with Gasteiger partial charge in [-0.3, -0.25) is 4.98 Å². The maximum absolute atomic E-state index is 5.41. The van der Waals surface area contributed by atoms with Crippen molar-refractivity contribution in [2.24, 2.45) is 0 Å². The predicted octanol–water partition coefficient (Wildman–Crippen LogP) is 2.35. The smallest absolute Gasteiger partial charge is 0.162 e. The van der Waals surface area contributed by atoms with Crippen LogP contribution < -0.4 is 19.7 Å². The minimum absolute atomic E-state index is 0.696. The van der Waals surface area contributed by atoms with Crippen molar-refractivity contribution in [1.29, 1.82) is 0 Å². The lowest BCUT2D eigenvalue weighted by atomic mass is 10.0. The Morgan fingerprint density at radius 3 is 2.29 bits per heavy atom. The summed E-state index contributed by atoms with van der Waals surface area (Å²) in [7, 11) is 9.30. The summed E-state index contributed by atoms with van der Waals surface area (Å²) in [6.45, 7) is 2.84. The van der Waals surface area contributed by atoms with Crippen LogP contribution in [-0.2, 0) is 6.54 Å². The number of fused-ring (bicyclic) bond motifs is 1. The number of ether oxygens (including phenoxy) is 2. The molecule has 0 spiro atoms. The van der Waals surface area contributed by atoms with Crippen LogP contribution >= 0.6 is 0 Å². The van der Waals surface area contributed by atoms with Gasteiger partial charge in [0.15, 0.2) is 11.5 Å². The highest BCUT2D eigenvalue weighted by atomic mass is 16.5. The molecule has 0 radical (unpaired) electrons. The molecule has 0 saturated heterocycles. The molecule has 5 nitrogen and oxygen atoms in total. The summed E-state index contributed by atoms with van der Waals surface area (Å²) in [5, 5.41) is 4.23. The number of aromatic nitrogens is 1.